The number of para-hydroxylation sites is 1. The van der Waals surface area contributed by atoms with Gasteiger partial charge in [-0.15, -0.1) is 0 Å². The number of pyridine rings is 1. The van der Waals surface area contributed by atoms with E-state index in [1.165, 1.54) is 12.1 Å². The molecule has 0 aliphatic carbocycles. The van der Waals surface area contributed by atoms with Gasteiger partial charge in [0, 0.05) is 21.7 Å². The van der Waals surface area contributed by atoms with Crippen LogP contribution in [0.5, 0.6) is 0 Å². The van der Waals surface area contributed by atoms with Gasteiger partial charge in [0.05, 0.1) is 11.0 Å². The van der Waals surface area contributed by atoms with E-state index < -0.39 is 0 Å². The third-order valence-corrected chi connectivity index (χ3v) is 4.26. The summed E-state index contributed by atoms with van der Waals surface area (Å²) >= 11 is 5.29. The minimum atomic E-state index is -0.243. The molecule has 0 amide bonds. The molecule has 3 heteroatoms. The summed E-state index contributed by atoms with van der Waals surface area (Å²) in [7, 11) is 0. The van der Waals surface area contributed by atoms with Crippen molar-refractivity contribution < 1.29 is 4.39 Å². The highest BCUT2D eigenvalue weighted by Crippen LogP contribution is 2.33. The van der Waals surface area contributed by atoms with E-state index in [2.05, 4.69) is 0 Å². The largest absolute Gasteiger partial charge is 0.248 e. The van der Waals surface area contributed by atoms with Crippen molar-refractivity contribution in [3.8, 4) is 11.1 Å². The smallest absolute Gasteiger partial charge is 0.123 e. The van der Waals surface area contributed by atoms with Crippen molar-refractivity contribution in [1.82, 2.24) is 4.98 Å². The summed E-state index contributed by atoms with van der Waals surface area (Å²) in [6, 6.07) is 20.5. The van der Waals surface area contributed by atoms with Crippen LogP contribution in [0.2, 0.25) is 0 Å². The van der Waals surface area contributed by atoms with E-state index in [0.29, 0.717) is 0 Å². The molecule has 1 heterocycles. The maximum Gasteiger partial charge on any atom is 0.123 e. The molecular weight excluding hydrogens is 305 g/mol. The van der Waals surface area contributed by atoms with Crippen molar-refractivity contribution >= 4 is 39.4 Å². The molecule has 0 N–H and O–H groups in total. The molecule has 0 atom stereocenters. The van der Waals surface area contributed by atoms with Crippen LogP contribution >= 0.6 is 12.2 Å². The minimum absolute atomic E-state index is 0.243. The summed E-state index contributed by atoms with van der Waals surface area (Å²) < 4.78 is 13.2. The Hall–Kier alpha value is -2.65. The van der Waals surface area contributed by atoms with Crippen LogP contribution < -0.4 is 0 Å². The van der Waals surface area contributed by atoms with Crippen molar-refractivity contribution in [1.29, 1.82) is 0 Å². The van der Waals surface area contributed by atoms with E-state index in [0.717, 1.165) is 38.5 Å². The third kappa shape index (κ3) is 2.30. The monoisotopic (exact) mass is 317 g/mol. The van der Waals surface area contributed by atoms with E-state index in [4.69, 9.17) is 17.2 Å². The van der Waals surface area contributed by atoms with Crippen LogP contribution in [0.1, 0.15) is 5.56 Å². The van der Waals surface area contributed by atoms with Gasteiger partial charge in [0.25, 0.3) is 0 Å². The topological polar surface area (TPSA) is 12.9 Å². The molecule has 4 aromatic rings. The fourth-order valence-corrected chi connectivity index (χ4v) is 3.22. The van der Waals surface area contributed by atoms with Gasteiger partial charge in [0.1, 0.15) is 5.82 Å². The second kappa shape index (κ2) is 5.52. The lowest BCUT2D eigenvalue weighted by Gasteiger charge is -2.12. The molecule has 0 fully saturated rings. The van der Waals surface area contributed by atoms with Gasteiger partial charge < -0.3 is 0 Å². The number of thiocarbonyl (C=S) groups is 1. The molecule has 1 aromatic heterocycles. The van der Waals surface area contributed by atoms with Crippen LogP contribution in [0, 0.1) is 5.82 Å². The average molecular weight is 317 g/mol. The molecule has 4 rings (SSSR count). The van der Waals surface area contributed by atoms with Gasteiger partial charge >= 0.3 is 0 Å². The quantitative estimate of drug-likeness (QED) is 0.355. The Morgan fingerprint density at radius 2 is 1.57 bits per heavy atom. The first kappa shape index (κ1) is 14.0. The molecule has 23 heavy (non-hydrogen) atoms. The van der Waals surface area contributed by atoms with Crippen LogP contribution in [0.3, 0.4) is 0 Å². The standard InChI is InChI=1S/C20H12FNS/c21-14-10-8-13(9-11-14)15-5-3-7-19-20(15)17(12-23)16-4-1-2-6-18(16)22-19/h1-12H. The summed E-state index contributed by atoms with van der Waals surface area (Å²) in [4.78, 5) is 4.75. The van der Waals surface area contributed by atoms with Crippen LogP contribution in [-0.4, -0.2) is 10.4 Å². The van der Waals surface area contributed by atoms with E-state index in [1.54, 1.807) is 17.5 Å². The zero-order valence-electron chi connectivity index (χ0n) is 12.2. The molecule has 110 valence electrons. The summed E-state index contributed by atoms with van der Waals surface area (Å²) in [5, 5.41) is 3.75. The van der Waals surface area contributed by atoms with Crippen molar-refractivity contribution in [3.05, 3.63) is 78.1 Å². The summed E-state index contributed by atoms with van der Waals surface area (Å²) in [6.45, 7) is 0. The molecular formula is C20H12FNS. The zero-order valence-corrected chi connectivity index (χ0v) is 13.0. The Balaban J connectivity index is 2.15. The van der Waals surface area contributed by atoms with Crippen molar-refractivity contribution in [2.75, 3.05) is 0 Å². The summed E-state index contributed by atoms with van der Waals surface area (Å²) in [5.74, 6) is -0.243. The number of halogens is 1. The van der Waals surface area contributed by atoms with E-state index in [1.807, 2.05) is 42.5 Å². The molecule has 0 aliphatic rings. The molecule has 0 saturated heterocycles. The molecule has 1 nitrogen and oxygen atoms in total. The van der Waals surface area contributed by atoms with Crippen molar-refractivity contribution in [3.63, 3.8) is 0 Å². The number of fused-ring (bicyclic) bond motifs is 2. The molecule has 0 radical (unpaired) electrons. The first-order valence-corrected chi connectivity index (χ1v) is 7.77. The van der Waals surface area contributed by atoms with Crippen molar-refractivity contribution in [2.24, 2.45) is 0 Å². The summed E-state index contributed by atoms with van der Waals surface area (Å²) in [6.07, 6.45) is 0. The fraction of sp³-hybridized carbons (Fsp3) is 0. The maximum absolute atomic E-state index is 13.2. The number of aromatic nitrogens is 1. The molecule has 0 unspecified atom stereocenters. The lowest BCUT2D eigenvalue weighted by molar-refractivity contribution is 0.628. The number of hydrogen-bond donors (Lipinski definition) is 0. The van der Waals surface area contributed by atoms with E-state index >= 15 is 0 Å². The van der Waals surface area contributed by atoms with Crippen LogP contribution in [0.4, 0.5) is 4.39 Å². The first-order valence-electron chi connectivity index (χ1n) is 7.30. The van der Waals surface area contributed by atoms with Gasteiger partial charge in [-0.05, 0) is 35.4 Å². The van der Waals surface area contributed by atoms with Gasteiger partial charge in [0.15, 0.2) is 0 Å². The van der Waals surface area contributed by atoms with E-state index in [9.17, 15) is 4.39 Å². The van der Waals surface area contributed by atoms with Crippen molar-refractivity contribution in [2.45, 2.75) is 0 Å². The van der Waals surface area contributed by atoms with Gasteiger partial charge in [0.2, 0.25) is 0 Å². The highest BCUT2D eigenvalue weighted by Gasteiger charge is 2.12. The van der Waals surface area contributed by atoms with Crippen LogP contribution in [0.15, 0.2) is 66.7 Å². The highest BCUT2D eigenvalue weighted by molar-refractivity contribution is 7.79. The lowest BCUT2D eigenvalue weighted by Crippen LogP contribution is -1.93. The SMILES string of the molecule is Fc1ccc(-c2cccc3nc4ccccc4c(C=S)c23)cc1. The van der Waals surface area contributed by atoms with Gasteiger partial charge in [-0.2, -0.15) is 0 Å². The zero-order chi connectivity index (χ0) is 15.8. The Labute approximate surface area is 138 Å². The predicted molar refractivity (Wildman–Crippen MR) is 97.4 cm³/mol. The highest BCUT2D eigenvalue weighted by atomic mass is 32.1. The van der Waals surface area contributed by atoms with Gasteiger partial charge in [-0.25, -0.2) is 9.37 Å². The Bertz CT molecular complexity index is 1040. The lowest BCUT2D eigenvalue weighted by atomic mass is 9.95. The van der Waals surface area contributed by atoms with Gasteiger partial charge in [-0.1, -0.05) is 54.7 Å². The molecule has 0 spiro atoms. The van der Waals surface area contributed by atoms with Crippen LogP contribution in [-0.2, 0) is 0 Å². The Morgan fingerprint density at radius 1 is 0.826 bits per heavy atom. The molecule has 3 aromatic carbocycles. The number of rotatable bonds is 2. The normalized spacial score (nSPS) is 11.0. The number of hydrogen-bond acceptors (Lipinski definition) is 2. The third-order valence-electron chi connectivity index (χ3n) is 4.02. The van der Waals surface area contributed by atoms with Crippen LogP contribution in [0.25, 0.3) is 32.9 Å². The second-order valence-corrected chi connectivity index (χ2v) is 5.60. The second-order valence-electron chi connectivity index (χ2n) is 5.37. The Morgan fingerprint density at radius 3 is 2.35 bits per heavy atom. The molecule has 0 saturated carbocycles. The van der Waals surface area contributed by atoms with E-state index in [-0.39, 0.29) is 5.82 Å². The summed E-state index contributed by atoms with van der Waals surface area (Å²) in [5.41, 5.74) is 4.76. The number of nitrogens with zero attached hydrogens (tertiary/aromatic N) is 1. The first-order chi connectivity index (χ1) is 11.3. The predicted octanol–water partition coefficient (Wildman–Crippen LogP) is 5.54. The molecule has 0 aliphatic heterocycles. The molecule has 0 bridgehead atoms. The minimum Gasteiger partial charge on any atom is -0.248 e. The maximum atomic E-state index is 13.2. The Kier molecular flexibility index (Phi) is 3.36. The fourth-order valence-electron chi connectivity index (χ4n) is 2.97. The van der Waals surface area contributed by atoms with Gasteiger partial charge in [-0.3, -0.25) is 0 Å². The number of benzene rings is 3. The average Bonchev–Trinajstić information content (AvgIpc) is 2.60.